The van der Waals surface area contributed by atoms with Crippen LogP contribution in [0, 0.1) is 5.41 Å². The summed E-state index contributed by atoms with van der Waals surface area (Å²) in [4.78, 5) is 5.19. The Hall–Kier alpha value is -2.48. The van der Waals surface area contributed by atoms with Crippen molar-refractivity contribution in [1.29, 1.82) is 5.41 Å². The van der Waals surface area contributed by atoms with E-state index in [1.807, 2.05) is 13.8 Å². The van der Waals surface area contributed by atoms with Gasteiger partial charge in [-0.1, -0.05) is 13.8 Å². The van der Waals surface area contributed by atoms with Crippen LogP contribution in [0.3, 0.4) is 0 Å². The van der Waals surface area contributed by atoms with E-state index >= 15 is 0 Å². The van der Waals surface area contributed by atoms with Gasteiger partial charge in [-0.15, -0.1) is 0 Å². The number of fused-ring (bicyclic) bond motifs is 1. The Morgan fingerprint density at radius 3 is 2.41 bits per heavy atom. The van der Waals surface area contributed by atoms with Crippen molar-refractivity contribution in [2.24, 2.45) is 16.5 Å². The molecule has 8 heteroatoms. The van der Waals surface area contributed by atoms with E-state index in [-0.39, 0.29) is 25.3 Å². The van der Waals surface area contributed by atoms with Gasteiger partial charge < -0.3 is 30.9 Å². The molecule has 0 spiro atoms. The molecule has 6 N–H and O–H groups in total. The number of aliphatic hydroxyl groups excluding tert-OH is 1. The summed E-state index contributed by atoms with van der Waals surface area (Å²) < 4.78 is 10.4. The van der Waals surface area contributed by atoms with Crippen molar-refractivity contribution < 1.29 is 14.6 Å². The zero-order valence-electron chi connectivity index (χ0n) is 13.5. The maximum atomic E-state index is 7.67. The maximum absolute atomic E-state index is 7.67. The summed E-state index contributed by atoms with van der Waals surface area (Å²) in [6, 6.07) is 5.33. The fourth-order valence-corrected chi connectivity index (χ4v) is 1.41. The van der Waals surface area contributed by atoms with E-state index in [2.05, 4.69) is 4.99 Å². The molecule has 0 atom stereocenters. The van der Waals surface area contributed by atoms with E-state index < -0.39 is 0 Å². The molecule has 124 valence electrons. The normalized spacial score (nSPS) is 10.4. The summed E-state index contributed by atoms with van der Waals surface area (Å²) in [5, 5.41) is 15.2. The van der Waals surface area contributed by atoms with E-state index in [9.17, 15) is 0 Å². The average Bonchev–Trinajstić information content (AvgIpc) is 2.96. The zero-order chi connectivity index (χ0) is 17.1. The number of anilines is 1. The van der Waals surface area contributed by atoms with Gasteiger partial charge in [-0.05, 0) is 19.1 Å². The van der Waals surface area contributed by atoms with E-state index in [0.29, 0.717) is 11.5 Å². The van der Waals surface area contributed by atoms with Crippen molar-refractivity contribution in [2.75, 3.05) is 25.3 Å². The highest BCUT2D eigenvalue weighted by atomic mass is 16.7. The van der Waals surface area contributed by atoms with Crippen LogP contribution in [-0.2, 0) is 0 Å². The topological polar surface area (TPSA) is 130 Å². The van der Waals surface area contributed by atoms with Crippen molar-refractivity contribution in [3.05, 3.63) is 18.2 Å². The van der Waals surface area contributed by atoms with Gasteiger partial charge in [0.15, 0.2) is 17.5 Å². The molecular formula is C14H25N5O3. The molecule has 1 aromatic carbocycles. The van der Waals surface area contributed by atoms with Crippen LogP contribution in [-0.4, -0.2) is 37.5 Å². The first kappa shape index (κ1) is 19.5. The Labute approximate surface area is 130 Å². The van der Waals surface area contributed by atoms with E-state index in [1.54, 1.807) is 32.2 Å². The number of nitrogens with one attached hydrogen (secondary N) is 1. The number of ether oxygens (including phenoxy) is 2. The third-order valence-electron chi connectivity index (χ3n) is 2.30. The third-order valence-corrected chi connectivity index (χ3v) is 2.30. The lowest BCUT2D eigenvalue weighted by Crippen LogP contribution is -2.30. The second kappa shape index (κ2) is 10.3. The number of rotatable bonds is 1. The fraction of sp³-hybridized carbons (Fsp3) is 0.429. The van der Waals surface area contributed by atoms with Crippen LogP contribution < -0.4 is 25.8 Å². The predicted molar refractivity (Wildman–Crippen MR) is 88.6 cm³/mol. The van der Waals surface area contributed by atoms with Gasteiger partial charge in [-0.25, -0.2) is 0 Å². The van der Waals surface area contributed by atoms with Gasteiger partial charge >= 0.3 is 0 Å². The lowest BCUT2D eigenvalue weighted by atomic mass is 10.2. The molecule has 1 aliphatic heterocycles. The highest BCUT2D eigenvalue weighted by Crippen LogP contribution is 2.35. The number of hydrogen-bond donors (Lipinski definition) is 4. The Balaban J connectivity index is 0.000000789. The van der Waals surface area contributed by atoms with Crippen molar-refractivity contribution in [3.8, 4) is 11.5 Å². The van der Waals surface area contributed by atoms with Crippen LogP contribution in [0.25, 0.3) is 0 Å². The largest absolute Gasteiger partial charge is 0.454 e. The van der Waals surface area contributed by atoms with Crippen LogP contribution >= 0.6 is 0 Å². The summed E-state index contributed by atoms with van der Waals surface area (Å²) in [7, 11) is 1.69. The second-order valence-electron chi connectivity index (χ2n) is 3.77. The number of hydrogen-bond acceptors (Lipinski definition) is 4. The second-order valence-corrected chi connectivity index (χ2v) is 3.77. The van der Waals surface area contributed by atoms with Crippen molar-refractivity contribution >= 4 is 17.6 Å². The molecule has 0 unspecified atom stereocenters. The molecule has 0 saturated carbocycles. The Bertz CT molecular complexity index is 501. The third kappa shape index (κ3) is 5.88. The van der Waals surface area contributed by atoms with E-state index in [0.717, 1.165) is 5.69 Å². The molecule has 22 heavy (non-hydrogen) atoms. The molecule has 0 bridgehead atoms. The summed E-state index contributed by atoms with van der Waals surface area (Å²) in [6.07, 6.45) is 0. The van der Waals surface area contributed by atoms with Gasteiger partial charge in [0.2, 0.25) is 12.8 Å². The van der Waals surface area contributed by atoms with Crippen LogP contribution in [0.15, 0.2) is 23.2 Å². The molecule has 0 saturated heterocycles. The lowest BCUT2D eigenvalue weighted by Gasteiger charge is -2.17. The minimum atomic E-state index is -0.150. The molecule has 2 rings (SSSR count). The van der Waals surface area contributed by atoms with Crippen molar-refractivity contribution in [1.82, 2.24) is 0 Å². The van der Waals surface area contributed by atoms with Gasteiger partial charge in [-0.2, -0.15) is 4.99 Å². The molecule has 0 aliphatic carbocycles. The Kier molecular flexibility index (Phi) is 9.12. The number of nitrogens with two attached hydrogens (primary N) is 2. The standard InChI is InChI=1S/C10H13N5O2.C2H6O.C2H6/c1-15(10(13)14-9(11)12)6-2-3-7-8(4-6)17-5-16-7;1-2-3;1-2/h2-4H,5H2,1H3,(H5,11,12,13,14);3H,2H2,1H3;1-2H3. The number of aliphatic imine (C=N–C) groups is 1. The molecule has 1 aromatic rings. The smallest absolute Gasteiger partial charge is 0.231 e. The molecule has 0 aromatic heterocycles. The van der Waals surface area contributed by atoms with Crippen LogP contribution in [0.5, 0.6) is 11.5 Å². The van der Waals surface area contributed by atoms with Gasteiger partial charge in [0.1, 0.15) is 0 Å². The summed E-state index contributed by atoms with van der Waals surface area (Å²) >= 11 is 0. The predicted octanol–water partition coefficient (Wildman–Crippen LogP) is 1.08. The van der Waals surface area contributed by atoms with Crippen LogP contribution in [0.4, 0.5) is 5.69 Å². The van der Waals surface area contributed by atoms with Gasteiger partial charge in [0, 0.05) is 25.4 Å². The Morgan fingerprint density at radius 2 is 1.86 bits per heavy atom. The average molecular weight is 311 g/mol. The van der Waals surface area contributed by atoms with Crippen molar-refractivity contribution in [3.63, 3.8) is 0 Å². The first-order chi connectivity index (χ1) is 10.5. The zero-order valence-corrected chi connectivity index (χ0v) is 13.5. The maximum Gasteiger partial charge on any atom is 0.231 e. The lowest BCUT2D eigenvalue weighted by molar-refractivity contribution is 0.174. The molecule has 1 heterocycles. The monoisotopic (exact) mass is 311 g/mol. The highest BCUT2D eigenvalue weighted by Gasteiger charge is 2.15. The number of benzene rings is 1. The number of aliphatic hydroxyl groups is 1. The minimum Gasteiger partial charge on any atom is -0.454 e. The van der Waals surface area contributed by atoms with E-state index in [1.165, 1.54) is 4.90 Å². The van der Waals surface area contributed by atoms with Gasteiger partial charge in [-0.3, -0.25) is 5.41 Å². The first-order valence-corrected chi connectivity index (χ1v) is 6.92. The molecule has 1 aliphatic rings. The van der Waals surface area contributed by atoms with Crippen LogP contribution in [0.2, 0.25) is 0 Å². The van der Waals surface area contributed by atoms with Gasteiger partial charge in [0.25, 0.3) is 0 Å². The quantitative estimate of drug-likeness (QED) is 0.453. The Morgan fingerprint density at radius 1 is 1.32 bits per heavy atom. The van der Waals surface area contributed by atoms with Gasteiger partial charge in [0.05, 0.1) is 0 Å². The first-order valence-electron chi connectivity index (χ1n) is 6.92. The number of guanidine groups is 2. The van der Waals surface area contributed by atoms with E-state index in [4.69, 9.17) is 31.5 Å². The highest BCUT2D eigenvalue weighted by molar-refractivity contribution is 6.00. The number of nitrogens with zero attached hydrogens (tertiary/aromatic N) is 2. The van der Waals surface area contributed by atoms with Crippen LogP contribution in [0.1, 0.15) is 20.8 Å². The summed E-state index contributed by atoms with van der Waals surface area (Å²) in [6.45, 7) is 6.15. The molecule has 0 amide bonds. The molecule has 8 nitrogen and oxygen atoms in total. The summed E-state index contributed by atoms with van der Waals surface area (Å²) in [5.41, 5.74) is 11.2. The fourth-order valence-electron chi connectivity index (χ4n) is 1.41. The molecular weight excluding hydrogens is 286 g/mol. The minimum absolute atomic E-state index is 0.0520. The SMILES string of the molecule is CC.CCO.CN(C(=N)N=C(N)N)c1ccc2c(c1)OCO2. The molecule has 0 radical (unpaired) electrons. The van der Waals surface area contributed by atoms with Crippen molar-refractivity contribution in [2.45, 2.75) is 20.8 Å². The summed E-state index contributed by atoms with van der Waals surface area (Å²) in [5.74, 6) is 1.13. The molecule has 0 fully saturated rings.